The van der Waals surface area contributed by atoms with E-state index >= 15 is 0 Å². The van der Waals surface area contributed by atoms with Crippen LogP contribution in [0.15, 0.2) is 57.4 Å². The first-order valence-electron chi connectivity index (χ1n) is 14.4. The summed E-state index contributed by atoms with van der Waals surface area (Å²) in [6.07, 6.45) is 3.80. The number of nitrogens with zero attached hydrogens (tertiary/aromatic N) is 3. The fourth-order valence-corrected chi connectivity index (χ4v) is 7.09. The number of Topliss-reactive ketones (excluding diaryl/α,β-unsaturated/α-hetero) is 2. The van der Waals surface area contributed by atoms with Crippen LogP contribution in [-0.2, 0) is 16.0 Å². The van der Waals surface area contributed by atoms with E-state index in [0.717, 1.165) is 11.3 Å². The van der Waals surface area contributed by atoms with Gasteiger partial charge >= 0.3 is 0 Å². The molecule has 0 unspecified atom stereocenters. The minimum atomic E-state index is -2.66. The number of hydrogen-bond acceptors (Lipinski definition) is 11. The highest BCUT2D eigenvalue weighted by atomic mass is 16.5. The maximum Gasteiger partial charge on any atom is 0.255 e. The molecule has 12 nitrogen and oxygen atoms in total. The van der Waals surface area contributed by atoms with Crippen LogP contribution in [0.5, 0.6) is 5.75 Å². The molecule has 3 aliphatic carbocycles. The predicted molar refractivity (Wildman–Crippen MR) is 166 cm³/mol. The highest BCUT2D eigenvalue weighted by molar-refractivity contribution is 6.25. The van der Waals surface area contributed by atoms with Gasteiger partial charge in [-0.1, -0.05) is 12.1 Å². The molecule has 12 heteroatoms. The number of methoxy groups -OCH3 is 1. The first kappa shape index (κ1) is 30.1. The Morgan fingerprint density at radius 3 is 2.53 bits per heavy atom. The molecule has 0 radical (unpaired) electrons. The number of allylic oxidation sites excluding steroid dienone is 1. The molecule has 45 heavy (non-hydrogen) atoms. The van der Waals surface area contributed by atoms with Gasteiger partial charge in [0.25, 0.3) is 5.91 Å². The number of aliphatic hydroxyl groups excluding tert-OH is 2. The second-order valence-corrected chi connectivity index (χ2v) is 12.1. The van der Waals surface area contributed by atoms with Crippen LogP contribution in [0.4, 0.5) is 5.69 Å². The van der Waals surface area contributed by atoms with E-state index in [4.69, 9.17) is 14.9 Å². The fraction of sp³-hybridized carbons (Fsp3) is 0.333. The van der Waals surface area contributed by atoms with Crippen molar-refractivity contribution in [2.45, 2.75) is 24.5 Å². The number of fused-ring (bicyclic) bond motifs is 5. The number of benzene rings is 2. The largest absolute Gasteiger partial charge is 0.510 e. The van der Waals surface area contributed by atoms with E-state index in [1.54, 1.807) is 38.3 Å². The number of hydrogen-bond donors (Lipinski definition) is 4. The summed E-state index contributed by atoms with van der Waals surface area (Å²) in [4.78, 5) is 48.2. The van der Waals surface area contributed by atoms with Crippen LogP contribution >= 0.6 is 0 Å². The van der Waals surface area contributed by atoms with Gasteiger partial charge in [0, 0.05) is 37.3 Å². The third-order valence-corrected chi connectivity index (χ3v) is 9.09. The van der Waals surface area contributed by atoms with E-state index in [1.165, 1.54) is 0 Å². The van der Waals surface area contributed by atoms with Gasteiger partial charge in [-0.05, 0) is 68.3 Å². The lowest BCUT2D eigenvalue weighted by Crippen LogP contribution is -2.63. The van der Waals surface area contributed by atoms with Crippen molar-refractivity contribution in [2.24, 2.45) is 17.6 Å². The maximum atomic E-state index is 14.4. The van der Waals surface area contributed by atoms with Crippen LogP contribution in [0.1, 0.15) is 33.8 Å². The van der Waals surface area contributed by atoms with Crippen LogP contribution in [0.25, 0.3) is 23.3 Å². The topological polar surface area (TPSA) is 180 Å². The highest BCUT2D eigenvalue weighted by Gasteiger charge is 2.63. The SMILES string of the molecule is COc1cccc(C=Cc2nc3cc(N(C)C)c4c(c3o2)C(=O)C2=C(O)[C@]3(O)C(=O)C(C(N)=O)=C(O)[C@@H](N(C)C)[C@@H]3C[C@@H]2C4)c1. The van der Waals surface area contributed by atoms with E-state index in [1.807, 2.05) is 49.3 Å². The molecule has 6 rings (SSSR count). The molecule has 0 spiro atoms. The van der Waals surface area contributed by atoms with Crippen LogP contribution in [0.3, 0.4) is 0 Å². The zero-order valence-electron chi connectivity index (χ0n) is 25.5. The van der Waals surface area contributed by atoms with Gasteiger partial charge in [0.05, 0.1) is 18.7 Å². The number of rotatable bonds is 6. The number of aliphatic hydroxyl groups is 3. The molecule has 1 heterocycles. The maximum absolute atomic E-state index is 14.4. The summed E-state index contributed by atoms with van der Waals surface area (Å²) in [6.45, 7) is 0. The van der Waals surface area contributed by atoms with Gasteiger partial charge < -0.3 is 35.1 Å². The van der Waals surface area contributed by atoms with E-state index < -0.39 is 58.0 Å². The third-order valence-electron chi connectivity index (χ3n) is 9.09. The van der Waals surface area contributed by atoms with Crippen LogP contribution in [0.2, 0.25) is 0 Å². The number of ether oxygens (including phenoxy) is 1. The van der Waals surface area contributed by atoms with Crippen molar-refractivity contribution in [3.05, 3.63) is 75.6 Å². The Morgan fingerprint density at radius 1 is 1.16 bits per heavy atom. The number of oxazole rings is 1. The molecule has 5 N–H and O–H groups in total. The number of carbonyl (C=O) groups is 3. The smallest absolute Gasteiger partial charge is 0.255 e. The number of nitrogens with two attached hydrogens (primary N) is 1. The molecule has 4 atom stereocenters. The molecule has 234 valence electrons. The van der Waals surface area contributed by atoms with E-state index in [0.29, 0.717) is 16.8 Å². The van der Waals surface area contributed by atoms with Crippen molar-refractivity contribution in [3.8, 4) is 5.75 Å². The first-order valence-corrected chi connectivity index (χ1v) is 14.4. The van der Waals surface area contributed by atoms with Crippen LogP contribution < -0.4 is 15.4 Å². The molecular weight excluding hydrogens is 580 g/mol. The lowest BCUT2D eigenvalue weighted by Gasteiger charge is -2.50. The average Bonchev–Trinajstić information content (AvgIpc) is 3.40. The number of primary amides is 1. The Hall–Kier alpha value is -4.94. The monoisotopic (exact) mass is 614 g/mol. The number of aromatic nitrogens is 1. The summed E-state index contributed by atoms with van der Waals surface area (Å²) in [5, 5.41) is 34.5. The molecule has 0 fully saturated rings. The first-order chi connectivity index (χ1) is 21.3. The minimum absolute atomic E-state index is 0.0571. The average molecular weight is 615 g/mol. The number of anilines is 1. The van der Waals surface area contributed by atoms with Gasteiger partial charge in [-0.15, -0.1) is 0 Å². The molecule has 1 amide bonds. The molecular formula is C33H34N4O8. The number of amides is 1. The van der Waals surface area contributed by atoms with Crippen molar-refractivity contribution in [2.75, 3.05) is 40.2 Å². The van der Waals surface area contributed by atoms with E-state index in [9.17, 15) is 29.7 Å². The summed E-state index contributed by atoms with van der Waals surface area (Å²) >= 11 is 0. The van der Waals surface area contributed by atoms with Gasteiger partial charge in [0.1, 0.15) is 28.4 Å². The number of ketones is 2. The molecule has 0 bridgehead atoms. The van der Waals surface area contributed by atoms with Crippen molar-refractivity contribution in [1.29, 1.82) is 0 Å². The Labute approximate surface area is 258 Å². The normalized spacial score (nSPS) is 24.7. The lowest BCUT2D eigenvalue weighted by molar-refractivity contribution is -0.148. The van der Waals surface area contributed by atoms with Crippen molar-refractivity contribution in [1.82, 2.24) is 9.88 Å². The minimum Gasteiger partial charge on any atom is -0.510 e. The third kappa shape index (κ3) is 4.43. The molecule has 2 aromatic carbocycles. The Morgan fingerprint density at radius 2 is 1.89 bits per heavy atom. The van der Waals surface area contributed by atoms with Crippen molar-refractivity contribution < 1.29 is 38.9 Å². The predicted octanol–water partition coefficient (Wildman–Crippen LogP) is 2.80. The molecule has 0 saturated heterocycles. The molecule has 1 aromatic heterocycles. The number of carbonyl (C=O) groups excluding carboxylic acids is 3. The second kappa shape index (κ2) is 10.6. The van der Waals surface area contributed by atoms with Gasteiger partial charge in [0.15, 0.2) is 17.0 Å². The summed E-state index contributed by atoms with van der Waals surface area (Å²) in [7, 11) is 8.48. The van der Waals surface area contributed by atoms with E-state index in [2.05, 4.69) is 4.98 Å². The van der Waals surface area contributed by atoms with Gasteiger partial charge in [-0.25, -0.2) is 4.98 Å². The summed E-state index contributed by atoms with van der Waals surface area (Å²) < 4.78 is 11.4. The number of likely N-dealkylation sites (N-methyl/N-ethyl adjacent to an activating group) is 1. The van der Waals surface area contributed by atoms with Gasteiger partial charge in [0.2, 0.25) is 11.7 Å². The van der Waals surface area contributed by atoms with Gasteiger partial charge in [-0.3, -0.25) is 19.3 Å². The molecule has 0 aliphatic heterocycles. The van der Waals surface area contributed by atoms with E-state index in [-0.39, 0.29) is 35.5 Å². The zero-order chi connectivity index (χ0) is 32.5. The van der Waals surface area contributed by atoms with Crippen molar-refractivity contribution >= 4 is 46.4 Å². The standard InChI is InChI=1S/C33H34N4O8/c1-36(2)21-14-20-29(45-22(35-20)10-9-15-7-6-8-17(11-15)44-5)24-18(21)12-16-13-19-26(37(3)4)28(39)25(32(34)42)31(41)33(19,43)30(40)23(16)27(24)38/h6-11,14,16,19,26,39-40,43H,12-13H2,1-5H3,(H2,34,42)/t16-,19-,26-,33-/m0/s1. The summed E-state index contributed by atoms with van der Waals surface area (Å²) in [5.41, 5.74) is 4.86. The van der Waals surface area contributed by atoms with Crippen molar-refractivity contribution in [3.63, 3.8) is 0 Å². The fourth-order valence-electron chi connectivity index (χ4n) is 7.09. The summed E-state index contributed by atoms with van der Waals surface area (Å²) in [6, 6.07) is 8.22. The lowest BCUT2D eigenvalue weighted by atomic mass is 9.58. The molecule has 3 aromatic rings. The molecule has 3 aliphatic rings. The molecule has 0 saturated carbocycles. The quantitative estimate of drug-likeness (QED) is 0.300. The van der Waals surface area contributed by atoms with Crippen LogP contribution in [-0.4, -0.2) is 89.6 Å². The van der Waals surface area contributed by atoms with Crippen LogP contribution in [0, 0.1) is 11.8 Å². The zero-order valence-corrected chi connectivity index (χ0v) is 25.5. The highest BCUT2D eigenvalue weighted by Crippen LogP contribution is 2.53. The Bertz CT molecular complexity index is 1880. The van der Waals surface area contributed by atoms with Gasteiger partial charge in [-0.2, -0.15) is 0 Å². The summed E-state index contributed by atoms with van der Waals surface area (Å²) in [5.74, 6) is -5.28. The second-order valence-electron chi connectivity index (χ2n) is 12.1. The Kier molecular flexibility index (Phi) is 7.09. The Balaban J connectivity index is 1.51.